The molecular formula is C13H19BrFN. The molecule has 0 bridgehead atoms. The Morgan fingerprint density at radius 1 is 1.38 bits per heavy atom. The largest absolute Gasteiger partial charge is 0.367 e. The normalized spacial score (nSPS) is 11.6. The molecule has 0 saturated carbocycles. The molecule has 0 radical (unpaired) electrons. The van der Waals surface area contributed by atoms with Crippen molar-refractivity contribution in [3.05, 3.63) is 29.6 Å². The van der Waals surface area contributed by atoms with Crippen molar-refractivity contribution < 1.29 is 4.39 Å². The molecule has 0 amide bonds. The summed E-state index contributed by atoms with van der Waals surface area (Å²) < 4.78 is 13.9. The first-order valence-electron chi connectivity index (χ1n) is 5.50. The molecule has 0 aliphatic heterocycles. The molecule has 0 fully saturated rings. The van der Waals surface area contributed by atoms with E-state index in [4.69, 9.17) is 0 Å². The molecule has 0 aliphatic carbocycles. The van der Waals surface area contributed by atoms with E-state index in [-0.39, 0.29) is 11.4 Å². The van der Waals surface area contributed by atoms with E-state index in [2.05, 4.69) is 36.7 Å². The van der Waals surface area contributed by atoms with Crippen molar-refractivity contribution >= 4 is 21.6 Å². The first-order valence-corrected chi connectivity index (χ1v) is 6.62. The van der Waals surface area contributed by atoms with Crippen LogP contribution in [0.3, 0.4) is 0 Å². The third kappa shape index (κ3) is 2.76. The van der Waals surface area contributed by atoms with Crippen LogP contribution >= 0.6 is 15.9 Å². The van der Waals surface area contributed by atoms with E-state index in [9.17, 15) is 4.39 Å². The molecule has 0 atom stereocenters. The minimum atomic E-state index is -0.152. The lowest BCUT2D eigenvalue weighted by Gasteiger charge is -2.37. The van der Waals surface area contributed by atoms with Crippen molar-refractivity contribution in [2.24, 2.45) is 0 Å². The maximum absolute atomic E-state index is 13.9. The first kappa shape index (κ1) is 13.5. The second-order valence-electron chi connectivity index (χ2n) is 4.64. The Kier molecular flexibility index (Phi) is 4.36. The van der Waals surface area contributed by atoms with Gasteiger partial charge in [-0.15, -0.1) is 0 Å². The molecule has 16 heavy (non-hydrogen) atoms. The molecule has 3 heteroatoms. The highest BCUT2D eigenvalue weighted by Gasteiger charge is 2.23. The molecule has 0 N–H and O–H groups in total. The lowest BCUT2D eigenvalue weighted by molar-refractivity contribution is 0.462. The predicted molar refractivity (Wildman–Crippen MR) is 71.8 cm³/mol. The molecule has 90 valence electrons. The van der Waals surface area contributed by atoms with Gasteiger partial charge < -0.3 is 4.90 Å². The Labute approximate surface area is 106 Å². The van der Waals surface area contributed by atoms with E-state index in [1.807, 2.05) is 24.1 Å². The van der Waals surface area contributed by atoms with Crippen LogP contribution in [0.5, 0.6) is 0 Å². The molecule has 1 aromatic carbocycles. The van der Waals surface area contributed by atoms with Crippen molar-refractivity contribution in [3.63, 3.8) is 0 Å². The number of anilines is 1. The minimum Gasteiger partial charge on any atom is -0.367 e. The molecule has 0 aliphatic rings. The van der Waals surface area contributed by atoms with E-state index in [1.54, 1.807) is 6.07 Å². The Bertz CT molecular complexity index is 363. The van der Waals surface area contributed by atoms with Gasteiger partial charge in [-0.05, 0) is 38.0 Å². The Morgan fingerprint density at radius 2 is 2.00 bits per heavy atom. The number of halogens is 2. The summed E-state index contributed by atoms with van der Waals surface area (Å²) in [6, 6.07) is 5.39. The van der Waals surface area contributed by atoms with Crippen LogP contribution in [0, 0.1) is 5.82 Å². The van der Waals surface area contributed by atoms with E-state index in [0.29, 0.717) is 11.0 Å². The summed E-state index contributed by atoms with van der Waals surface area (Å²) in [4.78, 5) is 2.00. The van der Waals surface area contributed by atoms with Gasteiger partial charge in [-0.3, -0.25) is 0 Å². The van der Waals surface area contributed by atoms with Crippen LogP contribution in [0.2, 0.25) is 0 Å². The average molecular weight is 288 g/mol. The number of nitrogens with zero attached hydrogens (tertiary/aromatic N) is 1. The second kappa shape index (κ2) is 5.17. The molecule has 1 aromatic rings. The third-order valence-corrected chi connectivity index (χ3v) is 3.95. The fourth-order valence-electron chi connectivity index (χ4n) is 1.47. The highest BCUT2D eigenvalue weighted by Crippen LogP contribution is 2.28. The van der Waals surface area contributed by atoms with Crippen molar-refractivity contribution in [3.8, 4) is 0 Å². The summed E-state index contributed by atoms with van der Waals surface area (Å²) >= 11 is 3.33. The maximum Gasteiger partial charge on any atom is 0.146 e. The summed E-state index contributed by atoms with van der Waals surface area (Å²) in [7, 11) is 1.94. The molecule has 0 heterocycles. The van der Waals surface area contributed by atoms with Crippen LogP contribution in [0.25, 0.3) is 0 Å². The first-order chi connectivity index (χ1) is 7.42. The van der Waals surface area contributed by atoms with Crippen LogP contribution in [0.4, 0.5) is 10.1 Å². The van der Waals surface area contributed by atoms with Crippen LogP contribution in [-0.4, -0.2) is 12.6 Å². The SMILES string of the molecule is CCC(C)(C)N(C)c1ccc(CBr)cc1F. The van der Waals surface area contributed by atoms with Gasteiger partial charge in [-0.25, -0.2) is 4.39 Å². The zero-order valence-electron chi connectivity index (χ0n) is 10.3. The van der Waals surface area contributed by atoms with E-state index in [1.165, 1.54) is 0 Å². The van der Waals surface area contributed by atoms with Crippen LogP contribution in [0.1, 0.15) is 32.8 Å². The van der Waals surface area contributed by atoms with Gasteiger partial charge in [0.2, 0.25) is 0 Å². The summed E-state index contributed by atoms with van der Waals surface area (Å²) in [5, 5.41) is 0.686. The summed E-state index contributed by atoms with van der Waals surface area (Å²) in [6.45, 7) is 6.34. The lowest BCUT2D eigenvalue weighted by atomic mass is 9.99. The molecule has 1 rings (SSSR count). The maximum atomic E-state index is 13.9. The van der Waals surface area contributed by atoms with Gasteiger partial charge in [-0.2, -0.15) is 0 Å². The van der Waals surface area contributed by atoms with Gasteiger partial charge in [0.1, 0.15) is 5.82 Å². The highest BCUT2D eigenvalue weighted by atomic mass is 79.9. The molecular weight excluding hydrogens is 269 g/mol. The number of hydrogen-bond donors (Lipinski definition) is 0. The average Bonchev–Trinajstić information content (AvgIpc) is 2.28. The van der Waals surface area contributed by atoms with Crippen molar-refractivity contribution in [1.82, 2.24) is 0 Å². The standard InChI is InChI=1S/C13H19BrFN/c1-5-13(2,3)16(4)12-7-6-10(9-14)8-11(12)15/h6-8H,5,9H2,1-4H3. The lowest BCUT2D eigenvalue weighted by Crippen LogP contribution is -2.41. The zero-order valence-corrected chi connectivity index (χ0v) is 11.9. The van der Waals surface area contributed by atoms with Gasteiger partial charge in [0.15, 0.2) is 0 Å². The number of hydrogen-bond acceptors (Lipinski definition) is 1. The highest BCUT2D eigenvalue weighted by molar-refractivity contribution is 9.08. The summed E-state index contributed by atoms with van der Waals surface area (Å²) in [5.41, 5.74) is 1.59. The Hall–Kier alpha value is -0.570. The topological polar surface area (TPSA) is 3.24 Å². The quantitative estimate of drug-likeness (QED) is 0.745. The van der Waals surface area contributed by atoms with Gasteiger partial charge in [0.05, 0.1) is 5.69 Å². The van der Waals surface area contributed by atoms with Crippen LogP contribution < -0.4 is 4.90 Å². The summed E-state index contributed by atoms with van der Waals surface area (Å²) in [6.07, 6.45) is 0.975. The number of alkyl halides is 1. The van der Waals surface area contributed by atoms with Gasteiger partial charge in [0, 0.05) is 17.9 Å². The third-order valence-electron chi connectivity index (χ3n) is 3.30. The molecule has 0 aromatic heterocycles. The van der Waals surface area contributed by atoms with Crippen molar-refractivity contribution in [2.75, 3.05) is 11.9 Å². The summed E-state index contributed by atoms with van der Waals surface area (Å²) in [5.74, 6) is -0.152. The van der Waals surface area contributed by atoms with Crippen molar-refractivity contribution in [1.29, 1.82) is 0 Å². The fourth-order valence-corrected chi connectivity index (χ4v) is 1.82. The number of rotatable bonds is 4. The second-order valence-corrected chi connectivity index (χ2v) is 5.21. The monoisotopic (exact) mass is 287 g/mol. The van der Waals surface area contributed by atoms with Gasteiger partial charge in [0.25, 0.3) is 0 Å². The molecule has 0 unspecified atom stereocenters. The van der Waals surface area contributed by atoms with Gasteiger partial charge >= 0.3 is 0 Å². The van der Waals surface area contributed by atoms with Crippen LogP contribution in [-0.2, 0) is 5.33 Å². The zero-order chi connectivity index (χ0) is 12.3. The fraction of sp³-hybridized carbons (Fsp3) is 0.538. The molecule has 0 saturated heterocycles. The number of benzene rings is 1. The van der Waals surface area contributed by atoms with E-state index >= 15 is 0 Å². The van der Waals surface area contributed by atoms with Crippen LogP contribution in [0.15, 0.2) is 18.2 Å². The Morgan fingerprint density at radius 3 is 2.44 bits per heavy atom. The van der Waals surface area contributed by atoms with Gasteiger partial charge in [-0.1, -0.05) is 28.9 Å². The predicted octanol–water partition coefficient (Wildman–Crippen LogP) is 4.35. The Balaban J connectivity index is 3.05. The van der Waals surface area contributed by atoms with E-state index in [0.717, 1.165) is 12.0 Å². The van der Waals surface area contributed by atoms with E-state index < -0.39 is 0 Å². The molecule has 0 spiro atoms. The molecule has 1 nitrogen and oxygen atoms in total. The smallest absolute Gasteiger partial charge is 0.146 e. The van der Waals surface area contributed by atoms with Crippen molar-refractivity contribution in [2.45, 2.75) is 38.1 Å². The minimum absolute atomic E-state index is 0.0310.